The molecule has 0 aliphatic heterocycles. The van der Waals surface area contributed by atoms with E-state index in [1.54, 1.807) is 0 Å². The van der Waals surface area contributed by atoms with Crippen molar-refractivity contribution in [2.45, 2.75) is 13.8 Å². The van der Waals surface area contributed by atoms with Crippen molar-refractivity contribution in [3.05, 3.63) is 35.1 Å². The molecular formula is C9H10N2S. The van der Waals surface area contributed by atoms with Gasteiger partial charge < -0.3 is 4.57 Å². The van der Waals surface area contributed by atoms with Gasteiger partial charge in [-0.15, -0.1) is 0 Å². The second-order valence-electron chi connectivity index (χ2n) is 2.83. The quantitative estimate of drug-likeness (QED) is 0.656. The lowest BCUT2D eigenvalue weighted by Gasteiger charge is -2.04. The van der Waals surface area contributed by atoms with Crippen molar-refractivity contribution >= 4 is 11.5 Å². The number of hydrogen-bond donors (Lipinski definition) is 0. The van der Waals surface area contributed by atoms with E-state index in [1.807, 2.05) is 6.20 Å². The van der Waals surface area contributed by atoms with Crippen molar-refractivity contribution in [1.29, 1.82) is 0 Å². The van der Waals surface area contributed by atoms with E-state index in [-0.39, 0.29) is 0 Å². The molecule has 0 spiro atoms. The number of aryl methyl sites for hydroxylation is 2. The van der Waals surface area contributed by atoms with Crippen LogP contribution in [0.25, 0.3) is 5.69 Å². The Hall–Kier alpha value is -1.09. The first-order chi connectivity index (χ1) is 5.79. The van der Waals surface area contributed by atoms with Gasteiger partial charge in [0.15, 0.2) is 0 Å². The third-order valence-corrected chi connectivity index (χ3v) is 2.52. The van der Waals surface area contributed by atoms with Gasteiger partial charge in [-0.25, -0.2) is 0 Å². The molecule has 2 heterocycles. The molecule has 12 heavy (non-hydrogen) atoms. The van der Waals surface area contributed by atoms with Crippen molar-refractivity contribution < 1.29 is 0 Å². The van der Waals surface area contributed by atoms with Crippen LogP contribution >= 0.6 is 11.5 Å². The summed E-state index contributed by atoms with van der Waals surface area (Å²) in [6, 6.07) is 4.24. The van der Waals surface area contributed by atoms with Crippen LogP contribution in [0.4, 0.5) is 0 Å². The van der Waals surface area contributed by atoms with Gasteiger partial charge in [0.25, 0.3) is 0 Å². The highest BCUT2D eigenvalue weighted by Gasteiger charge is 2.03. The molecule has 0 unspecified atom stereocenters. The van der Waals surface area contributed by atoms with E-state index >= 15 is 0 Å². The molecule has 0 saturated carbocycles. The lowest BCUT2D eigenvalue weighted by atomic mass is 10.4. The van der Waals surface area contributed by atoms with Crippen molar-refractivity contribution in [1.82, 2.24) is 8.94 Å². The minimum absolute atomic E-state index is 1.17. The number of nitrogens with zero attached hydrogens (tertiary/aromatic N) is 2. The third kappa shape index (κ3) is 1.06. The first-order valence-electron chi connectivity index (χ1n) is 3.84. The highest BCUT2D eigenvalue weighted by molar-refractivity contribution is 7.03. The molecule has 0 radical (unpaired) electrons. The van der Waals surface area contributed by atoms with Gasteiger partial charge in [-0.1, -0.05) is 0 Å². The zero-order chi connectivity index (χ0) is 8.55. The Labute approximate surface area is 75.6 Å². The fourth-order valence-electron chi connectivity index (χ4n) is 1.39. The normalized spacial score (nSPS) is 10.5. The molecule has 0 aromatic carbocycles. The van der Waals surface area contributed by atoms with Crippen LogP contribution in [0.5, 0.6) is 0 Å². The minimum Gasteiger partial charge on any atom is -0.316 e. The summed E-state index contributed by atoms with van der Waals surface area (Å²) in [6.07, 6.45) is 1.89. The van der Waals surface area contributed by atoms with E-state index in [1.165, 1.54) is 28.6 Å². The fraction of sp³-hybridized carbons (Fsp3) is 0.222. The van der Waals surface area contributed by atoms with E-state index in [0.717, 1.165) is 0 Å². The number of aromatic nitrogens is 2. The Morgan fingerprint density at radius 1 is 1.25 bits per heavy atom. The summed E-state index contributed by atoms with van der Waals surface area (Å²) >= 11 is 1.48. The Kier molecular flexibility index (Phi) is 1.73. The van der Waals surface area contributed by atoms with E-state index in [2.05, 4.69) is 40.3 Å². The van der Waals surface area contributed by atoms with Crippen LogP contribution in [0, 0.1) is 13.8 Å². The smallest absolute Gasteiger partial charge is 0.0764 e. The topological polar surface area (TPSA) is 17.8 Å². The van der Waals surface area contributed by atoms with E-state index in [9.17, 15) is 0 Å². The molecular weight excluding hydrogens is 168 g/mol. The first-order valence-corrected chi connectivity index (χ1v) is 4.67. The van der Waals surface area contributed by atoms with Gasteiger partial charge in [-0.2, -0.15) is 4.37 Å². The molecule has 62 valence electrons. The van der Waals surface area contributed by atoms with Crippen LogP contribution < -0.4 is 0 Å². The molecule has 2 aromatic rings. The van der Waals surface area contributed by atoms with Crippen LogP contribution in [-0.4, -0.2) is 8.94 Å². The van der Waals surface area contributed by atoms with Gasteiger partial charge in [0.2, 0.25) is 0 Å². The summed E-state index contributed by atoms with van der Waals surface area (Å²) in [6.45, 7) is 4.20. The van der Waals surface area contributed by atoms with Gasteiger partial charge in [0.05, 0.1) is 11.9 Å². The maximum absolute atomic E-state index is 4.08. The second-order valence-corrected chi connectivity index (χ2v) is 3.49. The average Bonchev–Trinajstić information content (AvgIpc) is 2.61. The summed E-state index contributed by atoms with van der Waals surface area (Å²) in [4.78, 5) is 0. The fourth-order valence-corrected chi connectivity index (χ4v) is 1.89. The Bertz CT molecular complexity index is 354. The van der Waals surface area contributed by atoms with E-state index in [4.69, 9.17) is 0 Å². The first kappa shape index (κ1) is 7.55. The molecule has 0 aliphatic carbocycles. The predicted molar refractivity (Wildman–Crippen MR) is 50.9 cm³/mol. The highest BCUT2D eigenvalue weighted by Crippen LogP contribution is 2.16. The number of rotatable bonds is 1. The largest absolute Gasteiger partial charge is 0.316 e. The Morgan fingerprint density at radius 2 is 1.92 bits per heavy atom. The SMILES string of the molecule is Cc1ccc(C)n1-c1cnsc1. The molecule has 2 nitrogen and oxygen atoms in total. The van der Waals surface area contributed by atoms with Crippen LogP contribution in [0.15, 0.2) is 23.7 Å². The number of hydrogen-bond acceptors (Lipinski definition) is 2. The molecule has 0 saturated heterocycles. The molecule has 0 aliphatic rings. The van der Waals surface area contributed by atoms with Crippen LogP contribution in [0.2, 0.25) is 0 Å². The summed E-state index contributed by atoms with van der Waals surface area (Å²) in [7, 11) is 0. The van der Waals surface area contributed by atoms with Crippen molar-refractivity contribution in [3.8, 4) is 5.69 Å². The summed E-state index contributed by atoms with van der Waals surface area (Å²) in [5, 5.41) is 2.06. The predicted octanol–water partition coefficient (Wildman–Crippen LogP) is 2.55. The third-order valence-electron chi connectivity index (χ3n) is 1.95. The zero-order valence-electron chi connectivity index (χ0n) is 7.11. The minimum atomic E-state index is 1.17. The van der Waals surface area contributed by atoms with Crippen LogP contribution in [-0.2, 0) is 0 Å². The Morgan fingerprint density at radius 3 is 2.42 bits per heavy atom. The molecule has 0 fully saturated rings. The van der Waals surface area contributed by atoms with Gasteiger partial charge in [-0.3, -0.25) is 0 Å². The molecule has 0 amide bonds. The van der Waals surface area contributed by atoms with Gasteiger partial charge in [-0.05, 0) is 37.5 Å². The summed E-state index contributed by atoms with van der Waals surface area (Å²) in [5.74, 6) is 0. The monoisotopic (exact) mass is 178 g/mol. The molecule has 0 N–H and O–H groups in total. The average molecular weight is 178 g/mol. The van der Waals surface area contributed by atoms with Gasteiger partial charge >= 0.3 is 0 Å². The molecule has 2 rings (SSSR count). The molecule has 0 atom stereocenters. The van der Waals surface area contributed by atoms with Gasteiger partial charge in [0.1, 0.15) is 0 Å². The van der Waals surface area contributed by atoms with Crippen LogP contribution in [0.3, 0.4) is 0 Å². The maximum Gasteiger partial charge on any atom is 0.0764 e. The standard InChI is InChI=1S/C9H10N2S/c1-7-3-4-8(2)11(7)9-5-10-12-6-9/h3-6H,1-2H3. The highest BCUT2D eigenvalue weighted by atomic mass is 32.1. The zero-order valence-corrected chi connectivity index (χ0v) is 7.93. The van der Waals surface area contributed by atoms with Crippen molar-refractivity contribution in [2.24, 2.45) is 0 Å². The maximum atomic E-state index is 4.08. The summed E-state index contributed by atoms with van der Waals surface area (Å²) in [5.41, 5.74) is 3.68. The van der Waals surface area contributed by atoms with Crippen molar-refractivity contribution in [3.63, 3.8) is 0 Å². The van der Waals surface area contributed by atoms with Crippen molar-refractivity contribution in [2.75, 3.05) is 0 Å². The molecule has 0 bridgehead atoms. The summed E-state index contributed by atoms with van der Waals surface area (Å²) < 4.78 is 6.28. The lowest BCUT2D eigenvalue weighted by molar-refractivity contribution is 0.968. The van der Waals surface area contributed by atoms with E-state index in [0.29, 0.717) is 0 Å². The Balaban J connectivity index is 2.60. The lowest BCUT2D eigenvalue weighted by Crippen LogP contribution is -1.95. The van der Waals surface area contributed by atoms with Crippen LogP contribution in [0.1, 0.15) is 11.4 Å². The van der Waals surface area contributed by atoms with E-state index < -0.39 is 0 Å². The van der Waals surface area contributed by atoms with Gasteiger partial charge in [0, 0.05) is 16.8 Å². The molecule has 2 aromatic heterocycles. The molecule has 3 heteroatoms. The second kappa shape index (κ2) is 2.75.